The maximum atomic E-state index is 11.8. The summed E-state index contributed by atoms with van der Waals surface area (Å²) in [6.07, 6.45) is 3.00. The molecule has 2 rings (SSSR count). The average Bonchev–Trinajstić information content (AvgIpc) is 2.53. The van der Waals surface area contributed by atoms with Crippen LogP contribution in [0.2, 0.25) is 0 Å². The zero-order valence-electron chi connectivity index (χ0n) is 11.5. The molecule has 1 heterocycles. The fourth-order valence-corrected chi connectivity index (χ4v) is 2.54. The number of hydrogen-bond acceptors (Lipinski definition) is 4. The summed E-state index contributed by atoms with van der Waals surface area (Å²) in [6.45, 7) is 0. The van der Waals surface area contributed by atoms with Crippen LogP contribution in [0.1, 0.15) is 18.4 Å². The van der Waals surface area contributed by atoms with Crippen LogP contribution in [0.5, 0.6) is 0 Å². The van der Waals surface area contributed by atoms with Crippen LogP contribution in [0.4, 0.5) is 5.69 Å². The molecule has 106 valence electrons. The van der Waals surface area contributed by atoms with Gasteiger partial charge in [0, 0.05) is 18.3 Å². The van der Waals surface area contributed by atoms with Gasteiger partial charge in [-0.2, -0.15) is 5.26 Å². The van der Waals surface area contributed by atoms with Crippen LogP contribution in [0.15, 0.2) is 53.7 Å². The highest BCUT2D eigenvalue weighted by Gasteiger charge is 2.03. The number of carbonyl (C=O) groups is 1. The molecule has 0 aliphatic rings. The van der Waals surface area contributed by atoms with Gasteiger partial charge in [-0.3, -0.25) is 4.79 Å². The number of rotatable bonds is 6. The van der Waals surface area contributed by atoms with E-state index >= 15 is 0 Å². The van der Waals surface area contributed by atoms with E-state index in [1.165, 1.54) is 0 Å². The lowest BCUT2D eigenvalue weighted by atomic mass is 10.2. The summed E-state index contributed by atoms with van der Waals surface area (Å²) in [5.41, 5.74) is 1.20. The first-order valence-electron chi connectivity index (χ1n) is 6.62. The van der Waals surface area contributed by atoms with Crippen LogP contribution in [-0.4, -0.2) is 16.6 Å². The second-order valence-corrected chi connectivity index (χ2v) is 5.48. The zero-order valence-corrected chi connectivity index (χ0v) is 12.3. The predicted molar refractivity (Wildman–Crippen MR) is 84.0 cm³/mol. The smallest absolute Gasteiger partial charge is 0.224 e. The molecule has 2 aromatic rings. The molecular formula is C16H15N3OS. The molecule has 1 amide bonds. The summed E-state index contributed by atoms with van der Waals surface area (Å²) in [5, 5.41) is 12.6. The molecule has 5 heteroatoms. The van der Waals surface area contributed by atoms with E-state index < -0.39 is 0 Å². The third-order valence-corrected chi connectivity index (χ3v) is 3.74. The molecule has 1 aromatic heterocycles. The van der Waals surface area contributed by atoms with Crippen molar-refractivity contribution >= 4 is 23.4 Å². The minimum absolute atomic E-state index is 0.0355. The van der Waals surface area contributed by atoms with Crippen LogP contribution >= 0.6 is 11.8 Å². The van der Waals surface area contributed by atoms with E-state index in [-0.39, 0.29) is 5.91 Å². The summed E-state index contributed by atoms with van der Waals surface area (Å²) in [7, 11) is 0. The quantitative estimate of drug-likeness (QED) is 0.655. The third kappa shape index (κ3) is 5.28. The van der Waals surface area contributed by atoms with Gasteiger partial charge in [0.15, 0.2) is 0 Å². The number of hydrogen-bond donors (Lipinski definition) is 1. The molecule has 0 bridgehead atoms. The number of aromatic nitrogens is 1. The second-order valence-electron chi connectivity index (χ2n) is 4.36. The number of anilines is 1. The molecule has 0 aliphatic carbocycles. The van der Waals surface area contributed by atoms with Crippen LogP contribution < -0.4 is 5.32 Å². The number of nitrogens with zero attached hydrogens (tertiary/aromatic N) is 2. The number of benzene rings is 1. The van der Waals surface area contributed by atoms with Gasteiger partial charge >= 0.3 is 0 Å². The first-order valence-corrected chi connectivity index (χ1v) is 7.60. The number of thioether (sulfide) groups is 1. The maximum Gasteiger partial charge on any atom is 0.224 e. The lowest BCUT2D eigenvalue weighted by Gasteiger charge is -2.05. The highest BCUT2D eigenvalue weighted by atomic mass is 32.2. The second kappa shape index (κ2) is 8.08. The van der Waals surface area contributed by atoms with Crippen molar-refractivity contribution in [3.8, 4) is 6.07 Å². The number of carbonyl (C=O) groups excluding carboxylic acids is 1. The van der Waals surface area contributed by atoms with Crippen LogP contribution in [-0.2, 0) is 4.79 Å². The monoisotopic (exact) mass is 297 g/mol. The minimum atomic E-state index is -0.0355. The number of nitrogens with one attached hydrogen (secondary N) is 1. The van der Waals surface area contributed by atoms with E-state index in [4.69, 9.17) is 5.26 Å². The van der Waals surface area contributed by atoms with Crippen LogP contribution in [0.3, 0.4) is 0 Å². The largest absolute Gasteiger partial charge is 0.326 e. The number of pyridine rings is 1. The molecule has 1 N–H and O–H groups in total. The van der Waals surface area contributed by atoms with E-state index in [1.807, 2.05) is 24.3 Å². The Balaban J connectivity index is 1.71. The molecule has 0 saturated heterocycles. The van der Waals surface area contributed by atoms with E-state index in [1.54, 1.807) is 42.2 Å². The van der Waals surface area contributed by atoms with E-state index in [2.05, 4.69) is 10.3 Å². The zero-order chi connectivity index (χ0) is 14.9. The van der Waals surface area contributed by atoms with E-state index in [9.17, 15) is 4.79 Å². The van der Waals surface area contributed by atoms with E-state index in [0.29, 0.717) is 17.7 Å². The summed E-state index contributed by atoms with van der Waals surface area (Å²) in [5.74, 6) is 0.814. The Bertz CT molecular complexity index is 637. The van der Waals surface area contributed by atoms with Gasteiger partial charge in [-0.1, -0.05) is 12.1 Å². The molecule has 0 spiro atoms. The van der Waals surface area contributed by atoms with Gasteiger partial charge in [0.05, 0.1) is 16.7 Å². The van der Waals surface area contributed by atoms with Gasteiger partial charge in [-0.05, 0) is 42.5 Å². The normalized spacial score (nSPS) is 9.86. The van der Waals surface area contributed by atoms with Crippen molar-refractivity contribution < 1.29 is 4.79 Å². The van der Waals surface area contributed by atoms with Crippen molar-refractivity contribution in [2.24, 2.45) is 0 Å². The van der Waals surface area contributed by atoms with Gasteiger partial charge in [0.2, 0.25) is 5.91 Å². The average molecular weight is 297 g/mol. The molecule has 1 aromatic carbocycles. The topological polar surface area (TPSA) is 65.8 Å². The van der Waals surface area contributed by atoms with Gasteiger partial charge in [0.25, 0.3) is 0 Å². The maximum absolute atomic E-state index is 11.8. The fourth-order valence-electron chi connectivity index (χ4n) is 1.73. The predicted octanol–water partition coefficient (Wildman–Crippen LogP) is 3.46. The Hall–Kier alpha value is -2.32. The molecule has 0 saturated carbocycles. The standard InChI is InChI=1S/C16H15N3OS/c17-12-13-5-3-6-14(11-13)19-15(20)7-4-10-21-16-8-1-2-9-18-16/h1-3,5-6,8-9,11H,4,7,10H2,(H,19,20). The lowest BCUT2D eigenvalue weighted by Crippen LogP contribution is -2.11. The summed E-state index contributed by atoms with van der Waals surface area (Å²) in [4.78, 5) is 16.0. The Labute approximate surface area is 128 Å². The lowest BCUT2D eigenvalue weighted by molar-refractivity contribution is -0.116. The van der Waals surface area contributed by atoms with Crippen molar-refractivity contribution in [1.29, 1.82) is 5.26 Å². The highest BCUT2D eigenvalue weighted by molar-refractivity contribution is 7.99. The van der Waals surface area contributed by atoms with Gasteiger partial charge in [0.1, 0.15) is 0 Å². The summed E-state index contributed by atoms with van der Waals surface area (Å²) in [6, 6.07) is 14.7. The van der Waals surface area contributed by atoms with Crippen LogP contribution in [0.25, 0.3) is 0 Å². The van der Waals surface area contributed by atoms with E-state index in [0.717, 1.165) is 17.2 Å². The molecule has 0 unspecified atom stereocenters. The molecule has 21 heavy (non-hydrogen) atoms. The number of amides is 1. The summed E-state index contributed by atoms with van der Waals surface area (Å²) >= 11 is 1.64. The van der Waals surface area contributed by atoms with Crippen molar-refractivity contribution in [2.45, 2.75) is 17.9 Å². The third-order valence-electron chi connectivity index (χ3n) is 2.71. The Kier molecular flexibility index (Phi) is 5.80. The Morgan fingerprint density at radius 3 is 2.95 bits per heavy atom. The first kappa shape index (κ1) is 15.1. The molecular weight excluding hydrogens is 282 g/mol. The molecule has 0 atom stereocenters. The molecule has 0 fully saturated rings. The molecule has 4 nitrogen and oxygen atoms in total. The van der Waals surface area contributed by atoms with Gasteiger partial charge in [-0.15, -0.1) is 11.8 Å². The van der Waals surface area contributed by atoms with Crippen molar-refractivity contribution in [3.63, 3.8) is 0 Å². The summed E-state index contributed by atoms with van der Waals surface area (Å²) < 4.78 is 0. The first-order chi connectivity index (χ1) is 10.3. The van der Waals surface area contributed by atoms with Gasteiger partial charge in [-0.25, -0.2) is 4.98 Å². The van der Waals surface area contributed by atoms with Crippen LogP contribution in [0, 0.1) is 11.3 Å². The van der Waals surface area contributed by atoms with Crippen molar-refractivity contribution in [2.75, 3.05) is 11.1 Å². The minimum Gasteiger partial charge on any atom is -0.326 e. The fraction of sp³-hybridized carbons (Fsp3) is 0.188. The van der Waals surface area contributed by atoms with Crippen molar-refractivity contribution in [1.82, 2.24) is 4.98 Å². The molecule has 0 aliphatic heterocycles. The number of nitriles is 1. The Morgan fingerprint density at radius 2 is 2.19 bits per heavy atom. The molecule has 0 radical (unpaired) electrons. The van der Waals surface area contributed by atoms with Gasteiger partial charge < -0.3 is 5.32 Å². The Morgan fingerprint density at radius 1 is 1.29 bits per heavy atom. The highest BCUT2D eigenvalue weighted by Crippen LogP contribution is 2.16. The van der Waals surface area contributed by atoms with Crippen molar-refractivity contribution in [3.05, 3.63) is 54.2 Å². The SMILES string of the molecule is N#Cc1cccc(NC(=O)CCCSc2ccccn2)c1.